The second-order valence-corrected chi connectivity index (χ2v) is 10.1. The van der Waals surface area contributed by atoms with E-state index in [2.05, 4.69) is 15.0 Å². The minimum atomic E-state index is -3.98. The monoisotopic (exact) mass is 515 g/mol. The molecule has 0 aliphatic carbocycles. The molecule has 9 heteroatoms. The summed E-state index contributed by atoms with van der Waals surface area (Å²) < 4.78 is 28.5. The lowest BCUT2D eigenvalue weighted by molar-refractivity contribution is 0.0995. The molecule has 0 saturated heterocycles. The van der Waals surface area contributed by atoms with Gasteiger partial charge in [-0.25, -0.2) is 8.42 Å². The van der Waals surface area contributed by atoms with Crippen molar-refractivity contribution >= 4 is 60.5 Å². The SMILES string of the molecule is O=C(N=Nc1cc(NS(=O)(=O)c2ccc(Cl)cc2)c2ccccc2c1O)c1ccc2ccccc2c1. The maximum absolute atomic E-state index is 13.0. The summed E-state index contributed by atoms with van der Waals surface area (Å²) in [5.41, 5.74) is 0.448. The molecular weight excluding hydrogens is 498 g/mol. The first-order chi connectivity index (χ1) is 17.3. The Morgan fingerprint density at radius 3 is 2.22 bits per heavy atom. The third kappa shape index (κ3) is 4.64. The van der Waals surface area contributed by atoms with E-state index in [1.165, 1.54) is 30.3 Å². The number of azo groups is 1. The van der Waals surface area contributed by atoms with Gasteiger partial charge in [-0.05, 0) is 53.2 Å². The molecule has 0 spiro atoms. The number of benzene rings is 5. The van der Waals surface area contributed by atoms with Crippen molar-refractivity contribution in [3.8, 4) is 5.75 Å². The number of nitrogens with zero attached hydrogens (tertiary/aromatic N) is 2. The van der Waals surface area contributed by atoms with Crippen molar-refractivity contribution in [2.75, 3.05) is 4.72 Å². The third-order valence-corrected chi connectivity index (χ3v) is 7.24. The molecule has 0 bridgehead atoms. The second-order valence-electron chi connectivity index (χ2n) is 7.96. The lowest BCUT2D eigenvalue weighted by Gasteiger charge is -2.13. The van der Waals surface area contributed by atoms with Gasteiger partial charge in [0.25, 0.3) is 15.9 Å². The van der Waals surface area contributed by atoms with Crippen LogP contribution in [0.15, 0.2) is 112 Å². The van der Waals surface area contributed by atoms with Crippen molar-refractivity contribution in [1.82, 2.24) is 0 Å². The van der Waals surface area contributed by atoms with Gasteiger partial charge >= 0.3 is 0 Å². The van der Waals surface area contributed by atoms with Crippen LogP contribution in [-0.2, 0) is 10.0 Å². The maximum Gasteiger partial charge on any atom is 0.295 e. The molecule has 0 atom stereocenters. The van der Waals surface area contributed by atoms with Gasteiger partial charge in [-0.2, -0.15) is 0 Å². The summed E-state index contributed by atoms with van der Waals surface area (Å²) in [6.07, 6.45) is 0. The van der Waals surface area contributed by atoms with E-state index in [1.54, 1.807) is 36.4 Å². The highest BCUT2D eigenvalue weighted by atomic mass is 35.5. The molecule has 5 aromatic rings. The minimum absolute atomic E-state index is 0.0127. The number of amides is 1. The van der Waals surface area contributed by atoms with Gasteiger partial charge in [0, 0.05) is 21.4 Å². The van der Waals surface area contributed by atoms with Crippen molar-refractivity contribution in [3.63, 3.8) is 0 Å². The summed E-state index contributed by atoms with van der Waals surface area (Å²) in [6.45, 7) is 0. The Bertz CT molecular complexity index is 1770. The smallest absolute Gasteiger partial charge is 0.295 e. The Morgan fingerprint density at radius 1 is 0.806 bits per heavy atom. The molecule has 36 heavy (non-hydrogen) atoms. The number of hydrogen-bond donors (Lipinski definition) is 2. The van der Waals surface area contributed by atoms with E-state index in [1.807, 2.05) is 30.3 Å². The van der Waals surface area contributed by atoms with Gasteiger partial charge in [0.15, 0.2) is 5.75 Å². The Balaban J connectivity index is 1.52. The molecule has 0 radical (unpaired) electrons. The number of phenols is 1. The summed E-state index contributed by atoms with van der Waals surface area (Å²) in [4.78, 5) is 12.7. The number of carbonyl (C=O) groups is 1. The fourth-order valence-corrected chi connectivity index (χ4v) is 5.00. The van der Waals surface area contributed by atoms with Gasteiger partial charge in [-0.15, -0.1) is 10.2 Å². The zero-order chi connectivity index (χ0) is 25.3. The number of sulfonamides is 1. The largest absolute Gasteiger partial charge is 0.505 e. The van der Waals surface area contributed by atoms with Gasteiger partial charge in [0.2, 0.25) is 0 Å². The highest BCUT2D eigenvalue weighted by Gasteiger charge is 2.19. The fraction of sp³-hybridized carbons (Fsp3) is 0. The average Bonchev–Trinajstić information content (AvgIpc) is 2.89. The number of halogens is 1. The Kier molecular flexibility index (Phi) is 6.13. The van der Waals surface area contributed by atoms with Crippen LogP contribution in [0.25, 0.3) is 21.5 Å². The average molecular weight is 516 g/mol. The molecule has 0 aromatic heterocycles. The first kappa shape index (κ1) is 23.5. The lowest BCUT2D eigenvalue weighted by Crippen LogP contribution is -2.13. The van der Waals surface area contributed by atoms with Crippen molar-refractivity contribution in [3.05, 3.63) is 108 Å². The van der Waals surface area contributed by atoms with Crippen molar-refractivity contribution in [2.24, 2.45) is 10.2 Å². The quantitative estimate of drug-likeness (QED) is 0.192. The van der Waals surface area contributed by atoms with E-state index < -0.39 is 15.9 Å². The van der Waals surface area contributed by atoms with Gasteiger partial charge in [-0.1, -0.05) is 66.2 Å². The summed E-state index contributed by atoms with van der Waals surface area (Å²) in [6, 6.07) is 26.5. The first-order valence-electron chi connectivity index (χ1n) is 10.8. The van der Waals surface area contributed by atoms with Crippen LogP contribution in [0.5, 0.6) is 5.75 Å². The van der Waals surface area contributed by atoms with Gasteiger partial charge < -0.3 is 5.11 Å². The standard InChI is InChI=1S/C27H18ClN3O4S/c28-20-11-13-21(14-12-20)36(34,35)31-24-16-25(26(32)23-8-4-3-7-22(23)24)29-30-27(33)19-10-9-17-5-1-2-6-18(17)15-19/h1-16,31-32H. The van der Waals surface area contributed by atoms with E-state index in [4.69, 9.17) is 11.6 Å². The number of phenolic OH excluding ortho intramolecular Hbond substituents is 1. The fourth-order valence-electron chi connectivity index (χ4n) is 3.80. The number of anilines is 1. The van der Waals surface area contributed by atoms with Crippen LogP contribution in [0.4, 0.5) is 11.4 Å². The Labute approximate surface area is 211 Å². The first-order valence-corrected chi connectivity index (χ1v) is 12.7. The third-order valence-electron chi connectivity index (χ3n) is 5.61. The molecule has 5 rings (SSSR count). The number of carbonyl (C=O) groups excluding carboxylic acids is 1. The van der Waals surface area contributed by atoms with Crippen molar-refractivity contribution in [1.29, 1.82) is 0 Å². The van der Waals surface area contributed by atoms with Gasteiger partial charge in [0.05, 0.1) is 10.6 Å². The number of fused-ring (bicyclic) bond motifs is 2. The normalized spacial score (nSPS) is 11.8. The molecule has 0 saturated carbocycles. The van der Waals surface area contributed by atoms with E-state index in [9.17, 15) is 18.3 Å². The van der Waals surface area contributed by atoms with Crippen LogP contribution in [0.3, 0.4) is 0 Å². The second kappa shape index (κ2) is 9.41. The van der Waals surface area contributed by atoms with Gasteiger partial charge in [0.1, 0.15) is 5.69 Å². The van der Waals surface area contributed by atoms with Crippen LogP contribution in [0.2, 0.25) is 5.02 Å². The van der Waals surface area contributed by atoms with E-state index in [-0.39, 0.29) is 22.0 Å². The molecule has 5 aromatic carbocycles. The van der Waals surface area contributed by atoms with E-state index in [0.717, 1.165) is 10.8 Å². The molecular formula is C27H18ClN3O4S. The molecule has 178 valence electrons. The van der Waals surface area contributed by atoms with Gasteiger partial charge in [-0.3, -0.25) is 9.52 Å². The van der Waals surface area contributed by atoms with E-state index in [0.29, 0.717) is 21.4 Å². The number of nitrogens with one attached hydrogen (secondary N) is 1. The predicted octanol–water partition coefficient (Wildman–Crippen LogP) is 7.08. The molecule has 0 unspecified atom stereocenters. The van der Waals surface area contributed by atoms with Crippen LogP contribution in [0.1, 0.15) is 10.4 Å². The zero-order valence-electron chi connectivity index (χ0n) is 18.6. The summed E-state index contributed by atoms with van der Waals surface area (Å²) >= 11 is 5.88. The van der Waals surface area contributed by atoms with E-state index >= 15 is 0 Å². The lowest BCUT2D eigenvalue weighted by atomic mass is 10.1. The Morgan fingerprint density at radius 2 is 1.47 bits per heavy atom. The number of aromatic hydroxyl groups is 1. The van der Waals surface area contributed by atoms with Crippen LogP contribution in [0, 0.1) is 0 Å². The highest BCUT2D eigenvalue weighted by Crippen LogP contribution is 2.40. The summed E-state index contributed by atoms with van der Waals surface area (Å²) in [5, 5.41) is 21.6. The molecule has 2 N–H and O–H groups in total. The Hall–Kier alpha value is -4.27. The minimum Gasteiger partial charge on any atom is -0.505 e. The number of hydrogen-bond acceptors (Lipinski definition) is 5. The maximum atomic E-state index is 13.0. The van der Waals surface area contributed by atoms with Crippen LogP contribution >= 0.6 is 11.6 Å². The summed E-state index contributed by atoms with van der Waals surface area (Å²) in [5.74, 6) is -0.827. The van der Waals surface area contributed by atoms with Crippen LogP contribution < -0.4 is 4.72 Å². The summed E-state index contributed by atoms with van der Waals surface area (Å²) in [7, 11) is -3.98. The van der Waals surface area contributed by atoms with Crippen molar-refractivity contribution < 1.29 is 18.3 Å². The topological polar surface area (TPSA) is 108 Å². The van der Waals surface area contributed by atoms with Crippen LogP contribution in [-0.4, -0.2) is 19.4 Å². The predicted molar refractivity (Wildman–Crippen MR) is 141 cm³/mol. The molecule has 0 aliphatic heterocycles. The highest BCUT2D eigenvalue weighted by molar-refractivity contribution is 7.92. The zero-order valence-corrected chi connectivity index (χ0v) is 20.2. The molecule has 0 fully saturated rings. The van der Waals surface area contributed by atoms with Crippen molar-refractivity contribution in [2.45, 2.75) is 4.90 Å². The molecule has 0 aliphatic rings. The molecule has 0 heterocycles. The molecule has 1 amide bonds. The molecule has 7 nitrogen and oxygen atoms in total. The number of rotatable bonds is 5.